The fourth-order valence-corrected chi connectivity index (χ4v) is 2.61. The van der Waals surface area contributed by atoms with Crippen molar-refractivity contribution in [1.82, 2.24) is 4.98 Å². The highest BCUT2D eigenvalue weighted by Crippen LogP contribution is 2.27. The molecule has 0 aliphatic carbocycles. The van der Waals surface area contributed by atoms with E-state index in [0.29, 0.717) is 21.9 Å². The molecule has 96 valence electrons. The Balaban J connectivity index is 2.37. The summed E-state index contributed by atoms with van der Waals surface area (Å²) in [4.78, 5) is 26.3. The van der Waals surface area contributed by atoms with Crippen molar-refractivity contribution >= 4 is 32.6 Å². The maximum Gasteiger partial charge on any atom is 0.344 e. The van der Waals surface area contributed by atoms with Gasteiger partial charge in [-0.15, -0.1) is 0 Å². The minimum Gasteiger partial charge on any atom is -0.422 e. The standard InChI is InChI=1S/C16H9NO3/c18-14-8-6-11-12(17-14)7-5-10-9-3-1-2-4-13(9)20-16(19)15(10)11/h1-8H,(H,17,18). The summed E-state index contributed by atoms with van der Waals surface area (Å²) in [6, 6.07) is 14.1. The van der Waals surface area contributed by atoms with Gasteiger partial charge in [-0.1, -0.05) is 24.3 Å². The van der Waals surface area contributed by atoms with Crippen LogP contribution in [-0.4, -0.2) is 4.98 Å². The zero-order valence-electron chi connectivity index (χ0n) is 10.3. The van der Waals surface area contributed by atoms with Gasteiger partial charge in [0.1, 0.15) is 5.58 Å². The molecule has 4 rings (SSSR count). The van der Waals surface area contributed by atoms with E-state index < -0.39 is 5.63 Å². The van der Waals surface area contributed by atoms with Crippen molar-refractivity contribution in [2.75, 3.05) is 0 Å². The number of para-hydroxylation sites is 1. The smallest absolute Gasteiger partial charge is 0.344 e. The third kappa shape index (κ3) is 1.42. The number of rotatable bonds is 0. The van der Waals surface area contributed by atoms with E-state index >= 15 is 0 Å². The van der Waals surface area contributed by atoms with Gasteiger partial charge < -0.3 is 9.40 Å². The molecule has 1 N–H and O–H groups in total. The van der Waals surface area contributed by atoms with Crippen LogP contribution in [0, 0.1) is 0 Å². The van der Waals surface area contributed by atoms with Gasteiger partial charge >= 0.3 is 5.63 Å². The first kappa shape index (κ1) is 11.0. The number of nitrogens with one attached hydrogen (secondary N) is 1. The SMILES string of the molecule is O=c1ccc2c(ccc3c4ccccc4oc(=O)c23)[nH]1. The topological polar surface area (TPSA) is 63.1 Å². The Morgan fingerprint density at radius 1 is 0.800 bits per heavy atom. The third-order valence-electron chi connectivity index (χ3n) is 3.49. The summed E-state index contributed by atoms with van der Waals surface area (Å²) in [5.74, 6) is 0. The number of pyridine rings is 1. The number of hydrogen-bond donors (Lipinski definition) is 1. The number of fused-ring (bicyclic) bond motifs is 5. The molecule has 2 aromatic carbocycles. The summed E-state index contributed by atoms with van der Waals surface area (Å²) >= 11 is 0. The van der Waals surface area contributed by atoms with Gasteiger partial charge in [-0.2, -0.15) is 0 Å². The molecule has 0 amide bonds. The highest BCUT2D eigenvalue weighted by molar-refractivity contribution is 6.14. The van der Waals surface area contributed by atoms with E-state index in [0.717, 1.165) is 10.8 Å². The molecule has 4 heteroatoms. The first-order valence-corrected chi connectivity index (χ1v) is 6.22. The number of hydrogen-bond acceptors (Lipinski definition) is 3. The molecule has 4 aromatic rings. The van der Waals surface area contributed by atoms with E-state index in [1.165, 1.54) is 6.07 Å². The predicted molar refractivity (Wildman–Crippen MR) is 78.1 cm³/mol. The Kier molecular flexibility index (Phi) is 2.09. The monoisotopic (exact) mass is 263 g/mol. The van der Waals surface area contributed by atoms with Crippen LogP contribution in [0.25, 0.3) is 32.6 Å². The number of benzene rings is 2. The number of aromatic nitrogens is 1. The molecule has 2 aromatic heterocycles. The van der Waals surface area contributed by atoms with Crippen molar-refractivity contribution in [3.8, 4) is 0 Å². The van der Waals surface area contributed by atoms with Crippen molar-refractivity contribution in [3.05, 3.63) is 69.3 Å². The van der Waals surface area contributed by atoms with Crippen LogP contribution in [0.5, 0.6) is 0 Å². The lowest BCUT2D eigenvalue weighted by Gasteiger charge is -2.05. The van der Waals surface area contributed by atoms with Gasteiger partial charge in [0.15, 0.2) is 0 Å². The largest absolute Gasteiger partial charge is 0.422 e. The molecule has 0 bridgehead atoms. The summed E-state index contributed by atoms with van der Waals surface area (Å²) in [7, 11) is 0. The Hall–Kier alpha value is -2.88. The van der Waals surface area contributed by atoms with Gasteiger partial charge in [0.05, 0.1) is 5.39 Å². The summed E-state index contributed by atoms with van der Waals surface area (Å²) in [5, 5.41) is 2.91. The second-order valence-corrected chi connectivity index (χ2v) is 4.66. The minimum absolute atomic E-state index is 0.193. The molecule has 4 nitrogen and oxygen atoms in total. The molecular formula is C16H9NO3. The van der Waals surface area contributed by atoms with Crippen LogP contribution in [0.4, 0.5) is 0 Å². The molecule has 2 heterocycles. The van der Waals surface area contributed by atoms with E-state index in [1.807, 2.05) is 30.3 Å². The molecule has 20 heavy (non-hydrogen) atoms. The lowest BCUT2D eigenvalue weighted by molar-refractivity contribution is 0.570. The highest BCUT2D eigenvalue weighted by atomic mass is 16.4. The summed E-state index contributed by atoms with van der Waals surface area (Å²) in [5.41, 5.74) is 0.611. The Morgan fingerprint density at radius 2 is 1.60 bits per heavy atom. The summed E-state index contributed by atoms with van der Waals surface area (Å²) < 4.78 is 5.37. The maximum atomic E-state index is 12.2. The second-order valence-electron chi connectivity index (χ2n) is 4.66. The second kappa shape index (κ2) is 3.81. The average molecular weight is 263 g/mol. The third-order valence-corrected chi connectivity index (χ3v) is 3.49. The van der Waals surface area contributed by atoms with Gasteiger partial charge in [-0.25, -0.2) is 4.79 Å². The molecule has 0 fully saturated rings. The van der Waals surface area contributed by atoms with Gasteiger partial charge in [-0.05, 0) is 18.2 Å². The molecule has 0 saturated heterocycles. The van der Waals surface area contributed by atoms with Crippen LogP contribution in [0.2, 0.25) is 0 Å². The molecular weight excluding hydrogens is 254 g/mol. The van der Waals surface area contributed by atoms with Crippen molar-refractivity contribution in [3.63, 3.8) is 0 Å². The first-order chi connectivity index (χ1) is 9.74. The Morgan fingerprint density at radius 3 is 2.50 bits per heavy atom. The molecule has 0 aliphatic heterocycles. The molecule has 0 unspecified atom stereocenters. The normalized spacial score (nSPS) is 11.4. The lowest BCUT2D eigenvalue weighted by atomic mass is 10.0. The lowest BCUT2D eigenvalue weighted by Crippen LogP contribution is -2.05. The maximum absolute atomic E-state index is 12.2. The van der Waals surface area contributed by atoms with Crippen LogP contribution < -0.4 is 11.2 Å². The Labute approximate surface area is 112 Å². The van der Waals surface area contributed by atoms with E-state index in [9.17, 15) is 9.59 Å². The molecule has 0 aliphatic rings. The summed E-state index contributed by atoms with van der Waals surface area (Å²) in [6.45, 7) is 0. The van der Waals surface area contributed by atoms with Crippen molar-refractivity contribution in [2.45, 2.75) is 0 Å². The van der Waals surface area contributed by atoms with Crippen LogP contribution in [0.1, 0.15) is 0 Å². The fourth-order valence-electron chi connectivity index (χ4n) is 2.61. The molecule has 0 saturated carbocycles. The van der Waals surface area contributed by atoms with Crippen LogP contribution >= 0.6 is 0 Å². The van der Waals surface area contributed by atoms with Gasteiger partial charge in [-0.3, -0.25) is 4.79 Å². The fraction of sp³-hybridized carbons (Fsp3) is 0. The van der Waals surface area contributed by atoms with Gasteiger partial charge in [0.2, 0.25) is 5.56 Å². The molecule has 0 atom stereocenters. The van der Waals surface area contributed by atoms with E-state index in [1.54, 1.807) is 12.1 Å². The minimum atomic E-state index is -0.392. The van der Waals surface area contributed by atoms with Crippen molar-refractivity contribution < 1.29 is 4.42 Å². The van der Waals surface area contributed by atoms with E-state index in [4.69, 9.17) is 4.42 Å². The Bertz CT molecular complexity index is 1090. The zero-order chi connectivity index (χ0) is 13.7. The van der Waals surface area contributed by atoms with E-state index in [2.05, 4.69) is 4.98 Å². The van der Waals surface area contributed by atoms with Gasteiger partial charge in [0, 0.05) is 27.7 Å². The number of aromatic amines is 1. The van der Waals surface area contributed by atoms with Crippen LogP contribution in [-0.2, 0) is 0 Å². The first-order valence-electron chi connectivity index (χ1n) is 6.22. The number of H-pyrrole nitrogens is 1. The zero-order valence-corrected chi connectivity index (χ0v) is 10.3. The van der Waals surface area contributed by atoms with Crippen LogP contribution in [0.3, 0.4) is 0 Å². The highest BCUT2D eigenvalue weighted by Gasteiger charge is 2.10. The van der Waals surface area contributed by atoms with Gasteiger partial charge in [0.25, 0.3) is 0 Å². The quantitative estimate of drug-likeness (QED) is 0.392. The van der Waals surface area contributed by atoms with E-state index in [-0.39, 0.29) is 5.56 Å². The van der Waals surface area contributed by atoms with Crippen molar-refractivity contribution in [2.24, 2.45) is 0 Å². The summed E-state index contributed by atoms with van der Waals surface area (Å²) in [6.07, 6.45) is 0. The van der Waals surface area contributed by atoms with Crippen molar-refractivity contribution in [1.29, 1.82) is 0 Å². The molecule has 0 spiro atoms. The molecule has 0 radical (unpaired) electrons. The predicted octanol–water partition coefficient (Wildman–Crippen LogP) is 2.79. The van der Waals surface area contributed by atoms with Crippen LogP contribution in [0.15, 0.2) is 62.5 Å². The average Bonchev–Trinajstić information content (AvgIpc) is 2.46.